The first-order valence-electron chi connectivity index (χ1n) is 8.08. The summed E-state index contributed by atoms with van der Waals surface area (Å²) in [5, 5.41) is 9.59. The smallest absolute Gasteiger partial charge is 0.116 e. The van der Waals surface area contributed by atoms with Crippen LogP contribution in [0, 0.1) is 0 Å². The summed E-state index contributed by atoms with van der Waals surface area (Å²) >= 11 is 5.65. The quantitative estimate of drug-likeness (QED) is 0.306. The normalized spacial score (nSPS) is 13.7. The Bertz CT molecular complexity index is 197. The molecule has 1 N–H and O–H groups in total. The van der Waals surface area contributed by atoms with Gasteiger partial charge in [0.15, 0.2) is 0 Å². The van der Waals surface area contributed by atoms with Crippen LogP contribution in [0.5, 0.6) is 0 Å². The molecule has 0 heterocycles. The van der Waals surface area contributed by atoms with Crippen molar-refractivity contribution in [1.82, 2.24) is 0 Å². The van der Waals surface area contributed by atoms with Gasteiger partial charge in [0.2, 0.25) is 0 Å². The summed E-state index contributed by atoms with van der Waals surface area (Å²) in [5.74, 6) is 0.347. The number of alkyl halides is 1. The topological polar surface area (TPSA) is 20.2 Å². The highest BCUT2D eigenvalue weighted by molar-refractivity contribution is 6.18. The molecule has 116 valence electrons. The third-order valence-corrected chi connectivity index (χ3v) is 4.11. The second-order valence-corrected chi connectivity index (χ2v) is 6.79. The van der Waals surface area contributed by atoms with Crippen molar-refractivity contribution in [2.75, 3.05) is 33.1 Å². The maximum absolute atomic E-state index is 9.59. The highest BCUT2D eigenvalue weighted by Crippen LogP contribution is 2.11. The maximum Gasteiger partial charge on any atom is 0.116 e. The standard InChI is InChI=1S/C16H35ClNO/c1-4-5-6-7-8-9-10-11-12-13-18(2,3)15-16(19)14-17/h16,19H,4-15H2,1-3H3/q+1. The first-order valence-corrected chi connectivity index (χ1v) is 8.61. The zero-order valence-electron chi connectivity index (χ0n) is 13.3. The van der Waals surface area contributed by atoms with Crippen LogP contribution in [0.3, 0.4) is 0 Å². The van der Waals surface area contributed by atoms with Gasteiger partial charge in [0.25, 0.3) is 0 Å². The molecule has 0 fully saturated rings. The van der Waals surface area contributed by atoms with Gasteiger partial charge in [0.1, 0.15) is 12.6 Å². The van der Waals surface area contributed by atoms with Crippen LogP contribution >= 0.6 is 11.6 Å². The van der Waals surface area contributed by atoms with E-state index in [4.69, 9.17) is 11.6 Å². The molecule has 1 unspecified atom stereocenters. The molecule has 0 aliphatic heterocycles. The predicted octanol–water partition coefficient (Wildman–Crippen LogP) is 4.19. The minimum absolute atomic E-state index is 0.347. The summed E-state index contributed by atoms with van der Waals surface area (Å²) in [7, 11) is 4.36. The molecule has 0 aromatic rings. The summed E-state index contributed by atoms with van der Waals surface area (Å²) in [6.07, 6.45) is 11.9. The molecule has 0 aromatic heterocycles. The Morgan fingerprint density at radius 2 is 1.37 bits per heavy atom. The first-order chi connectivity index (χ1) is 9.02. The molecule has 0 aliphatic rings. The number of quaternary nitrogens is 1. The SMILES string of the molecule is CCCCCCCCCCC[N+](C)(C)CC(O)CCl. The lowest BCUT2D eigenvalue weighted by atomic mass is 10.1. The molecular weight excluding hydrogens is 258 g/mol. The molecule has 0 saturated heterocycles. The van der Waals surface area contributed by atoms with Gasteiger partial charge in [0, 0.05) is 0 Å². The highest BCUT2D eigenvalue weighted by Gasteiger charge is 2.19. The van der Waals surface area contributed by atoms with Crippen LogP contribution in [-0.4, -0.2) is 48.8 Å². The number of likely N-dealkylation sites (N-methyl/N-ethyl adjacent to an activating group) is 1. The van der Waals surface area contributed by atoms with Crippen LogP contribution in [0.4, 0.5) is 0 Å². The molecule has 1 atom stereocenters. The monoisotopic (exact) mass is 292 g/mol. The molecule has 0 aromatic carbocycles. The second-order valence-electron chi connectivity index (χ2n) is 6.48. The Kier molecular flexibility index (Phi) is 12.1. The van der Waals surface area contributed by atoms with E-state index < -0.39 is 0 Å². The lowest BCUT2D eigenvalue weighted by Crippen LogP contribution is -2.46. The van der Waals surface area contributed by atoms with Crippen LogP contribution < -0.4 is 0 Å². The van der Waals surface area contributed by atoms with Gasteiger partial charge in [-0.1, -0.05) is 51.9 Å². The third kappa shape index (κ3) is 13.0. The maximum atomic E-state index is 9.59. The third-order valence-electron chi connectivity index (χ3n) is 3.75. The van der Waals surface area contributed by atoms with Crippen LogP contribution in [0.15, 0.2) is 0 Å². The van der Waals surface area contributed by atoms with Crippen molar-refractivity contribution in [3.8, 4) is 0 Å². The van der Waals surface area contributed by atoms with E-state index in [1.54, 1.807) is 0 Å². The molecule has 19 heavy (non-hydrogen) atoms. The Balaban J connectivity index is 3.37. The lowest BCUT2D eigenvalue weighted by Gasteiger charge is -2.31. The van der Waals surface area contributed by atoms with E-state index in [2.05, 4.69) is 21.0 Å². The van der Waals surface area contributed by atoms with Crippen molar-refractivity contribution >= 4 is 11.6 Å². The largest absolute Gasteiger partial charge is 0.386 e. The van der Waals surface area contributed by atoms with E-state index in [-0.39, 0.29) is 6.10 Å². The molecule has 0 aliphatic carbocycles. The van der Waals surface area contributed by atoms with Crippen LogP contribution in [0.2, 0.25) is 0 Å². The fourth-order valence-corrected chi connectivity index (χ4v) is 2.66. The Morgan fingerprint density at radius 3 is 1.84 bits per heavy atom. The molecule has 2 nitrogen and oxygen atoms in total. The van der Waals surface area contributed by atoms with Gasteiger partial charge in [-0.05, 0) is 12.8 Å². The van der Waals surface area contributed by atoms with Gasteiger partial charge >= 0.3 is 0 Å². The Morgan fingerprint density at radius 1 is 0.895 bits per heavy atom. The molecule has 0 radical (unpaired) electrons. The average Bonchev–Trinajstić information content (AvgIpc) is 2.36. The predicted molar refractivity (Wildman–Crippen MR) is 85.8 cm³/mol. The number of rotatable bonds is 13. The molecule has 0 rings (SSSR count). The average molecular weight is 293 g/mol. The zero-order chi connectivity index (χ0) is 14.6. The summed E-state index contributed by atoms with van der Waals surface area (Å²) in [5.41, 5.74) is 0. The summed E-state index contributed by atoms with van der Waals surface area (Å²) in [6, 6.07) is 0. The van der Waals surface area contributed by atoms with Crippen molar-refractivity contribution in [3.63, 3.8) is 0 Å². The van der Waals surface area contributed by atoms with E-state index in [0.717, 1.165) is 17.6 Å². The van der Waals surface area contributed by atoms with Crippen molar-refractivity contribution in [2.24, 2.45) is 0 Å². The summed E-state index contributed by atoms with van der Waals surface area (Å²) in [4.78, 5) is 0. The molecule has 0 spiro atoms. The van der Waals surface area contributed by atoms with Crippen LogP contribution in [0.1, 0.15) is 64.7 Å². The van der Waals surface area contributed by atoms with E-state index in [9.17, 15) is 5.11 Å². The van der Waals surface area contributed by atoms with Gasteiger partial charge in [0.05, 0.1) is 26.5 Å². The van der Waals surface area contributed by atoms with E-state index in [0.29, 0.717) is 5.88 Å². The first kappa shape index (κ1) is 19.2. The fourth-order valence-electron chi connectivity index (χ4n) is 2.56. The highest BCUT2D eigenvalue weighted by atomic mass is 35.5. The van der Waals surface area contributed by atoms with E-state index in [1.807, 2.05) is 0 Å². The van der Waals surface area contributed by atoms with Gasteiger partial charge in [-0.2, -0.15) is 0 Å². The zero-order valence-corrected chi connectivity index (χ0v) is 14.1. The van der Waals surface area contributed by atoms with Crippen molar-refractivity contribution in [2.45, 2.75) is 70.8 Å². The number of aliphatic hydroxyl groups excluding tert-OH is 1. The number of halogens is 1. The number of aliphatic hydroxyl groups is 1. The van der Waals surface area contributed by atoms with Gasteiger partial charge < -0.3 is 9.59 Å². The lowest BCUT2D eigenvalue weighted by molar-refractivity contribution is -0.893. The van der Waals surface area contributed by atoms with E-state index >= 15 is 0 Å². The molecule has 0 bridgehead atoms. The Hall–Kier alpha value is 0.210. The summed E-state index contributed by atoms with van der Waals surface area (Å²) in [6.45, 7) is 4.17. The van der Waals surface area contributed by atoms with Crippen LogP contribution in [-0.2, 0) is 0 Å². The van der Waals surface area contributed by atoms with Crippen LogP contribution in [0.25, 0.3) is 0 Å². The second kappa shape index (κ2) is 12.0. The van der Waals surface area contributed by atoms with Crippen molar-refractivity contribution in [3.05, 3.63) is 0 Å². The number of unbranched alkanes of at least 4 members (excludes halogenated alkanes) is 8. The number of nitrogens with zero attached hydrogens (tertiary/aromatic N) is 1. The van der Waals surface area contributed by atoms with Crippen molar-refractivity contribution in [1.29, 1.82) is 0 Å². The molecule has 3 heteroatoms. The molecule has 0 amide bonds. The van der Waals surface area contributed by atoms with Crippen molar-refractivity contribution < 1.29 is 9.59 Å². The van der Waals surface area contributed by atoms with Gasteiger partial charge in [-0.25, -0.2) is 0 Å². The molecular formula is C16H35ClNO+. The van der Waals surface area contributed by atoms with Gasteiger partial charge in [-0.3, -0.25) is 0 Å². The van der Waals surface area contributed by atoms with E-state index in [1.165, 1.54) is 57.8 Å². The molecule has 0 saturated carbocycles. The number of hydrogen-bond donors (Lipinski definition) is 1. The summed E-state index contributed by atoms with van der Waals surface area (Å²) < 4.78 is 0.879. The number of hydrogen-bond acceptors (Lipinski definition) is 1. The fraction of sp³-hybridized carbons (Fsp3) is 1.00. The minimum atomic E-state index is -0.366. The Labute approximate surface area is 125 Å². The minimum Gasteiger partial charge on any atom is -0.386 e. The van der Waals surface area contributed by atoms with Gasteiger partial charge in [-0.15, -0.1) is 11.6 Å².